The summed E-state index contributed by atoms with van der Waals surface area (Å²) in [5.74, 6) is 0.978. The van der Waals surface area contributed by atoms with E-state index in [1.54, 1.807) is 6.33 Å². The highest BCUT2D eigenvalue weighted by Crippen LogP contribution is 2.23. The average molecular weight is 393 g/mol. The van der Waals surface area contributed by atoms with Crippen LogP contribution < -0.4 is 10.2 Å². The van der Waals surface area contributed by atoms with Gasteiger partial charge in [0.1, 0.15) is 12.1 Å². The van der Waals surface area contributed by atoms with Crippen LogP contribution in [0.3, 0.4) is 0 Å². The van der Waals surface area contributed by atoms with Crippen LogP contribution in [-0.4, -0.2) is 63.3 Å². The summed E-state index contributed by atoms with van der Waals surface area (Å²) in [6, 6.07) is 8.07. The molecule has 29 heavy (non-hydrogen) atoms. The first-order valence-electron chi connectivity index (χ1n) is 10.1. The maximum Gasteiger partial charge on any atom is 0.238 e. The Morgan fingerprint density at radius 2 is 1.86 bits per heavy atom. The highest BCUT2D eigenvalue weighted by molar-refractivity contribution is 5.93. The van der Waals surface area contributed by atoms with Crippen molar-refractivity contribution in [3.8, 4) is 0 Å². The fourth-order valence-corrected chi connectivity index (χ4v) is 3.93. The van der Waals surface area contributed by atoms with E-state index in [0.29, 0.717) is 6.54 Å². The topological polar surface area (TPSA) is 79.2 Å². The van der Waals surface area contributed by atoms with Crippen molar-refractivity contribution >= 4 is 28.3 Å². The lowest BCUT2D eigenvalue weighted by Gasteiger charge is -2.35. The molecular weight excluding hydrogens is 366 g/mol. The third-order valence-electron chi connectivity index (χ3n) is 5.51. The molecule has 2 aromatic heterocycles. The van der Waals surface area contributed by atoms with Crippen LogP contribution in [0.25, 0.3) is 10.9 Å². The van der Waals surface area contributed by atoms with Crippen molar-refractivity contribution in [2.45, 2.75) is 27.3 Å². The van der Waals surface area contributed by atoms with Crippen LogP contribution in [0.4, 0.5) is 11.5 Å². The normalized spacial score (nSPS) is 15.1. The SMILES string of the molecule is CCn1nc(C)c(NC(=O)CN2CCN(c3ncnc4ccccc34)CC2)c1C. The number of anilines is 2. The summed E-state index contributed by atoms with van der Waals surface area (Å²) >= 11 is 0. The Balaban J connectivity index is 1.36. The minimum atomic E-state index is 0.00721. The second kappa shape index (κ2) is 8.16. The van der Waals surface area contributed by atoms with Gasteiger partial charge in [0.05, 0.1) is 29.1 Å². The van der Waals surface area contributed by atoms with E-state index in [4.69, 9.17) is 0 Å². The molecule has 0 radical (unpaired) electrons. The Morgan fingerprint density at radius 1 is 1.10 bits per heavy atom. The van der Waals surface area contributed by atoms with Crippen molar-refractivity contribution in [3.63, 3.8) is 0 Å². The molecule has 1 aromatic carbocycles. The van der Waals surface area contributed by atoms with Gasteiger partial charge >= 0.3 is 0 Å². The zero-order valence-corrected chi connectivity index (χ0v) is 17.2. The Labute approximate surface area is 170 Å². The lowest BCUT2D eigenvalue weighted by atomic mass is 10.2. The quantitative estimate of drug-likeness (QED) is 0.716. The van der Waals surface area contributed by atoms with Crippen LogP contribution in [0.5, 0.6) is 0 Å². The zero-order valence-electron chi connectivity index (χ0n) is 17.2. The predicted molar refractivity (Wildman–Crippen MR) is 114 cm³/mol. The Hall–Kier alpha value is -3.00. The van der Waals surface area contributed by atoms with Gasteiger partial charge in [-0.2, -0.15) is 5.10 Å². The van der Waals surface area contributed by atoms with E-state index in [0.717, 1.165) is 66.5 Å². The van der Waals surface area contributed by atoms with E-state index >= 15 is 0 Å². The molecule has 0 atom stereocenters. The van der Waals surface area contributed by atoms with Gasteiger partial charge in [-0.25, -0.2) is 9.97 Å². The number of carbonyl (C=O) groups excluding carboxylic acids is 1. The zero-order chi connectivity index (χ0) is 20.4. The van der Waals surface area contributed by atoms with Crippen LogP contribution in [0.2, 0.25) is 0 Å². The largest absolute Gasteiger partial charge is 0.353 e. The molecule has 3 heterocycles. The highest BCUT2D eigenvalue weighted by atomic mass is 16.2. The molecule has 0 spiro atoms. The Morgan fingerprint density at radius 3 is 2.59 bits per heavy atom. The summed E-state index contributed by atoms with van der Waals surface area (Å²) in [6.07, 6.45) is 1.62. The minimum absolute atomic E-state index is 0.00721. The molecule has 152 valence electrons. The number of carbonyl (C=O) groups is 1. The summed E-state index contributed by atoms with van der Waals surface area (Å²) in [6.45, 7) is 10.4. The summed E-state index contributed by atoms with van der Waals surface area (Å²) in [5, 5.41) is 8.59. The van der Waals surface area contributed by atoms with Crippen molar-refractivity contribution in [2.24, 2.45) is 0 Å². The van der Waals surface area contributed by atoms with Crippen molar-refractivity contribution in [3.05, 3.63) is 42.0 Å². The van der Waals surface area contributed by atoms with E-state index < -0.39 is 0 Å². The van der Waals surface area contributed by atoms with Gasteiger partial charge in [0.15, 0.2) is 0 Å². The smallest absolute Gasteiger partial charge is 0.238 e. The third kappa shape index (κ3) is 3.93. The molecule has 0 saturated carbocycles. The average Bonchev–Trinajstić information content (AvgIpc) is 3.01. The molecule has 1 N–H and O–H groups in total. The second-order valence-corrected chi connectivity index (χ2v) is 7.39. The van der Waals surface area contributed by atoms with Crippen LogP contribution in [-0.2, 0) is 11.3 Å². The minimum Gasteiger partial charge on any atom is -0.353 e. The molecule has 1 saturated heterocycles. The lowest BCUT2D eigenvalue weighted by molar-refractivity contribution is -0.117. The molecule has 0 unspecified atom stereocenters. The van der Waals surface area contributed by atoms with E-state index in [9.17, 15) is 4.79 Å². The molecule has 1 fully saturated rings. The van der Waals surface area contributed by atoms with Gasteiger partial charge in [0.25, 0.3) is 0 Å². The molecule has 1 amide bonds. The molecule has 8 heteroatoms. The number of amides is 1. The van der Waals surface area contributed by atoms with E-state index in [1.807, 2.05) is 43.7 Å². The number of aromatic nitrogens is 4. The van der Waals surface area contributed by atoms with Gasteiger partial charge in [-0.1, -0.05) is 12.1 Å². The maximum absolute atomic E-state index is 12.6. The second-order valence-electron chi connectivity index (χ2n) is 7.39. The summed E-state index contributed by atoms with van der Waals surface area (Å²) in [5.41, 5.74) is 3.65. The van der Waals surface area contributed by atoms with Gasteiger partial charge < -0.3 is 10.2 Å². The number of para-hydroxylation sites is 1. The Kier molecular flexibility index (Phi) is 5.44. The number of benzene rings is 1. The molecule has 1 aliphatic heterocycles. The number of nitrogens with zero attached hydrogens (tertiary/aromatic N) is 6. The summed E-state index contributed by atoms with van der Waals surface area (Å²) < 4.78 is 1.91. The van der Waals surface area contributed by atoms with Crippen molar-refractivity contribution in [1.82, 2.24) is 24.6 Å². The summed E-state index contributed by atoms with van der Waals surface area (Å²) in [7, 11) is 0. The number of aryl methyl sites for hydroxylation is 2. The molecular formula is C21H27N7O. The first-order chi connectivity index (χ1) is 14.1. The van der Waals surface area contributed by atoms with Crippen molar-refractivity contribution < 1.29 is 4.79 Å². The van der Waals surface area contributed by atoms with Gasteiger partial charge in [0, 0.05) is 38.1 Å². The molecule has 0 aliphatic carbocycles. The number of piperazine rings is 1. The van der Waals surface area contributed by atoms with Gasteiger partial charge in [-0.05, 0) is 32.9 Å². The first kappa shape index (κ1) is 19.3. The number of hydrogen-bond acceptors (Lipinski definition) is 6. The van der Waals surface area contributed by atoms with Crippen LogP contribution in [0, 0.1) is 13.8 Å². The fourth-order valence-electron chi connectivity index (χ4n) is 3.93. The van der Waals surface area contributed by atoms with Gasteiger partial charge in [0.2, 0.25) is 5.91 Å². The standard InChI is InChI=1S/C21H27N7O/c1-4-28-16(3)20(15(2)25-28)24-19(29)13-26-9-11-27(12-10-26)21-17-7-5-6-8-18(17)22-14-23-21/h5-8,14H,4,9-13H2,1-3H3,(H,24,29). The van der Waals surface area contributed by atoms with E-state index in [-0.39, 0.29) is 5.91 Å². The van der Waals surface area contributed by atoms with E-state index in [2.05, 4.69) is 36.2 Å². The number of nitrogens with one attached hydrogen (secondary N) is 1. The molecule has 8 nitrogen and oxygen atoms in total. The molecule has 3 aromatic rings. The van der Waals surface area contributed by atoms with Gasteiger partial charge in [-0.3, -0.25) is 14.4 Å². The Bertz CT molecular complexity index is 1020. The molecule has 0 bridgehead atoms. The number of fused-ring (bicyclic) bond motifs is 1. The molecule has 4 rings (SSSR count). The molecule has 1 aliphatic rings. The number of hydrogen-bond donors (Lipinski definition) is 1. The lowest BCUT2D eigenvalue weighted by Crippen LogP contribution is -2.49. The monoisotopic (exact) mass is 393 g/mol. The van der Waals surface area contributed by atoms with Crippen molar-refractivity contribution in [2.75, 3.05) is 42.9 Å². The predicted octanol–water partition coefficient (Wildman–Crippen LogP) is 2.22. The summed E-state index contributed by atoms with van der Waals surface area (Å²) in [4.78, 5) is 25.9. The van der Waals surface area contributed by atoms with Crippen LogP contribution in [0.1, 0.15) is 18.3 Å². The highest BCUT2D eigenvalue weighted by Gasteiger charge is 2.22. The van der Waals surface area contributed by atoms with Crippen molar-refractivity contribution in [1.29, 1.82) is 0 Å². The maximum atomic E-state index is 12.6. The van der Waals surface area contributed by atoms with Crippen LogP contribution >= 0.6 is 0 Å². The third-order valence-corrected chi connectivity index (χ3v) is 5.51. The van der Waals surface area contributed by atoms with Crippen LogP contribution in [0.15, 0.2) is 30.6 Å². The number of rotatable bonds is 5. The van der Waals surface area contributed by atoms with Gasteiger partial charge in [-0.15, -0.1) is 0 Å². The first-order valence-corrected chi connectivity index (χ1v) is 10.1. The van der Waals surface area contributed by atoms with E-state index in [1.165, 1.54) is 0 Å². The fraction of sp³-hybridized carbons (Fsp3) is 0.429.